The van der Waals surface area contributed by atoms with E-state index in [0.29, 0.717) is 41.7 Å². The molecule has 1 aromatic rings. The monoisotopic (exact) mass is 389 g/mol. The quantitative estimate of drug-likeness (QED) is 0.828. The van der Waals surface area contributed by atoms with E-state index in [4.69, 9.17) is 5.11 Å². The number of carboxylic acid groups (broad SMARTS) is 1. The fraction of sp³-hybridized carbons (Fsp3) is 0.533. The molecule has 1 aliphatic rings. The van der Waals surface area contributed by atoms with Crippen molar-refractivity contribution in [2.24, 2.45) is 5.92 Å². The maximum Gasteiger partial charge on any atom is 0.306 e. The van der Waals surface area contributed by atoms with Crippen molar-refractivity contribution >= 4 is 31.9 Å². The predicted molar refractivity (Wildman–Crippen MR) is 87.3 cm³/mol. The molecule has 1 saturated carbocycles. The van der Waals surface area contributed by atoms with E-state index >= 15 is 0 Å². The summed E-state index contributed by atoms with van der Waals surface area (Å²) in [4.78, 5) is 11.3. The van der Waals surface area contributed by atoms with Crippen molar-refractivity contribution in [2.45, 2.75) is 50.5 Å². The minimum Gasteiger partial charge on any atom is -0.481 e. The van der Waals surface area contributed by atoms with Gasteiger partial charge in [-0.2, -0.15) is 0 Å². The Morgan fingerprint density at radius 1 is 1.18 bits per heavy atom. The van der Waals surface area contributed by atoms with E-state index in [9.17, 15) is 13.2 Å². The van der Waals surface area contributed by atoms with E-state index in [1.54, 1.807) is 26.0 Å². The van der Waals surface area contributed by atoms with Crippen LogP contribution in [0.15, 0.2) is 21.5 Å². The summed E-state index contributed by atoms with van der Waals surface area (Å²) in [6.45, 7) is 3.54. The first-order valence-corrected chi connectivity index (χ1v) is 9.50. The summed E-state index contributed by atoms with van der Waals surface area (Å²) in [5.74, 6) is -1.14. The van der Waals surface area contributed by atoms with Gasteiger partial charge in [0, 0.05) is 10.5 Å². The number of hydrogen-bond donors (Lipinski definition) is 2. The second kappa shape index (κ2) is 6.68. The van der Waals surface area contributed by atoms with E-state index in [2.05, 4.69) is 20.7 Å². The molecule has 2 rings (SSSR count). The Morgan fingerprint density at radius 2 is 1.68 bits per heavy atom. The van der Waals surface area contributed by atoms with Gasteiger partial charge >= 0.3 is 5.97 Å². The Morgan fingerprint density at radius 3 is 2.14 bits per heavy atom. The summed E-state index contributed by atoms with van der Waals surface area (Å²) in [6.07, 6.45) is 2.15. The standard InChI is InChI=1S/C15H20BrNO4S/c1-9-7-12(16)8-10(2)14(9)22(20,21)17-13-5-3-11(4-6-13)15(18)19/h7-8,11,13,17H,3-6H2,1-2H3,(H,18,19). The zero-order valence-electron chi connectivity index (χ0n) is 12.6. The number of halogens is 1. The number of hydrogen-bond acceptors (Lipinski definition) is 3. The lowest BCUT2D eigenvalue weighted by atomic mass is 9.87. The second-order valence-electron chi connectivity index (χ2n) is 5.88. The van der Waals surface area contributed by atoms with Crippen LogP contribution in [0.4, 0.5) is 0 Å². The van der Waals surface area contributed by atoms with E-state index in [1.165, 1.54) is 0 Å². The van der Waals surface area contributed by atoms with Crippen molar-refractivity contribution < 1.29 is 18.3 Å². The highest BCUT2D eigenvalue weighted by atomic mass is 79.9. The van der Waals surface area contributed by atoms with Gasteiger partial charge in [-0.15, -0.1) is 0 Å². The van der Waals surface area contributed by atoms with Gasteiger partial charge in [-0.05, 0) is 62.8 Å². The number of carboxylic acids is 1. The molecule has 1 aliphatic carbocycles. The lowest BCUT2D eigenvalue weighted by Gasteiger charge is -2.27. The van der Waals surface area contributed by atoms with Gasteiger partial charge in [0.05, 0.1) is 10.8 Å². The molecular formula is C15H20BrNO4S. The number of aryl methyl sites for hydroxylation is 2. The Balaban J connectivity index is 2.15. The lowest BCUT2D eigenvalue weighted by Crippen LogP contribution is -2.39. The Hall–Kier alpha value is -0.920. The van der Waals surface area contributed by atoms with Gasteiger partial charge in [0.25, 0.3) is 0 Å². The van der Waals surface area contributed by atoms with Crippen molar-refractivity contribution in [1.82, 2.24) is 4.72 Å². The largest absolute Gasteiger partial charge is 0.481 e. The molecule has 0 bridgehead atoms. The number of benzene rings is 1. The van der Waals surface area contributed by atoms with Crippen LogP contribution in [0.3, 0.4) is 0 Å². The number of sulfonamides is 1. The minimum atomic E-state index is -3.59. The summed E-state index contributed by atoms with van der Waals surface area (Å²) < 4.78 is 28.8. The van der Waals surface area contributed by atoms with Gasteiger partial charge < -0.3 is 5.11 Å². The molecule has 0 radical (unpaired) electrons. The molecule has 0 saturated heterocycles. The average Bonchev–Trinajstić information content (AvgIpc) is 2.36. The van der Waals surface area contributed by atoms with Gasteiger partial charge in [0.2, 0.25) is 10.0 Å². The first-order valence-electron chi connectivity index (χ1n) is 7.22. The molecule has 22 heavy (non-hydrogen) atoms. The predicted octanol–water partition coefficient (Wildman–Crippen LogP) is 2.99. The average molecular weight is 390 g/mol. The van der Waals surface area contributed by atoms with E-state index in [0.717, 1.165) is 4.47 Å². The van der Waals surface area contributed by atoms with E-state index < -0.39 is 16.0 Å². The van der Waals surface area contributed by atoms with Crippen molar-refractivity contribution in [3.05, 3.63) is 27.7 Å². The molecule has 5 nitrogen and oxygen atoms in total. The molecule has 2 N–H and O–H groups in total. The fourth-order valence-electron chi connectivity index (χ4n) is 3.06. The maximum atomic E-state index is 12.6. The lowest BCUT2D eigenvalue weighted by molar-refractivity contribution is -0.142. The maximum absolute atomic E-state index is 12.6. The van der Waals surface area contributed by atoms with Crippen LogP contribution >= 0.6 is 15.9 Å². The third-order valence-corrected chi connectivity index (χ3v) is 6.37. The summed E-state index contributed by atoms with van der Waals surface area (Å²) in [5.41, 5.74) is 1.39. The first-order chi connectivity index (χ1) is 10.2. The normalized spacial score (nSPS) is 22.5. The Bertz CT molecular complexity index is 656. The molecular weight excluding hydrogens is 370 g/mol. The van der Waals surface area contributed by atoms with Gasteiger partial charge in [-0.1, -0.05) is 15.9 Å². The molecule has 0 unspecified atom stereocenters. The zero-order chi connectivity index (χ0) is 16.5. The van der Waals surface area contributed by atoms with Crippen LogP contribution in [0.5, 0.6) is 0 Å². The summed E-state index contributed by atoms with van der Waals surface area (Å²) in [6, 6.07) is 3.37. The van der Waals surface area contributed by atoms with E-state index in [1.807, 2.05) is 0 Å². The molecule has 0 amide bonds. The van der Waals surface area contributed by atoms with Crippen molar-refractivity contribution in [3.63, 3.8) is 0 Å². The van der Waals surface area contributed by atoms with E-state index in [-0.39, 0.29) is 12.0 Å². The van der Waals surface area contributed by atoms with Crippen LogP contribution in [-0.4, -0.2) is 25.5 Å². The molecule has 0 atom stereocenters. The smallest absolute Gasteiger partial charge is 0.306 e. The van der Waals surface area contributed by atoms with Crippen LogP contribution in [0, 0.1) is 19.8 Å². The van der Waals surface area contributed by atoms with Gasteiger partial charge in [0.1, 0.15) is 0 Å². The number of aliphatic carboxylic acids is 1. The van der Waals surface area contributed by atoms with Gasteiger partial charge in [-0.3, -0.25) is 4.79 Å². The van der Waals surface area contributed by atoms with Crippen molar-refractivity contribution in [3.8, 4) is 0 Å². The SMILES string of the molecule is Cc1cc(Br)cc(C)c1S(=O)(=O)NC1CCC(C(=O)O)CC1. The topological polar surface area (TPSA) is 83.5 Å². The molecule has 0 heterocycles. The minimum absolute atomic E-state index is 0.192. The first kappa shape index (κ1) is 17.4. The van der Waals surface area contributed by atoms with Crippen LogP contribution in [0.25, 0.3) is 0 Å². The molecule has 1 aromatic carbocycles. The molecule has 122 valence electrons. The third kappa shape index (κ3) is 3.88. The molecule has 0 aliphatic heterocycles. The van der Waals surface area contributed by atoms with Crippen LogP contribution in [-0.2, 0) is 14.8 Å². The highest BCUT2D eigenvalue weighted by molar-refractivity contribution is 9.10. The van der Waals surface area contributed by atoms with Crippen molar-refractivity contribution in [2.75, 3.05) is 0 Å². The molecule has 0 spiro atoms. The van der Waals surface area contributed by atoms with Gasteiger partial charge in [-0.25, -0.2) is 13.1 Å². The summed E-state index contributed by atoms with van der Waals surface area (Å²) in [5, 5.41) is 8.99. The highest BCUT2D eigenvalue weighted by Crippen LogP contribution is 2.28. The number of nitrogens with one attached hydrogen (secondary N) is 1. The molecule has 0 aromatic heterocycles. The molecule has 7 heteroatoms. The van der Waals surface area contributed by atoms with Crippen molar-refractivity contribution in [1.29, 1.82) is 0 Å². The fourth-order valence-corrected chi connectivity index (χ4v) is 5.50. The van der Waals surface area contributed by atoms with Crippen LogP contribution < -0.4 is 4.72 Å². The number of carbonyl (C=O) groups is 1. The molecule has 1 fully saturated rings. The van der Waals surface area contributed by atoms with Crippen LogP contribution in [0.2, 0.25) is 0 Å². The Labute approximate surface area is 139 Å². The second-order valence-corrected chi connectivity index (χ2v) is 8.44. The summed E-state index contributed by atoms with van der Waals surface area (Å²) >= 11 is 3.36. The third-order valence-electron chi connectivity index (χ3n) is 4.09. The Kier molecular flexibility index (Phi) is 5.29. The number of rotatable bonds is 4. The van der Waals surface area contributed by atoms with Crippen LogP contribution in [0.1, 0.15) is 36.8 Å². The zero-order valence-corrected chi connectivity index (χ0v) is 15.0. The highest BCUT2D eigenvalue weighted by Gasteiger charge is 2.30. The van der Waals surface area contributed by atoms with Gasteiger partial charge in [0.15, 0.2) is 0 Å². The summed E-state index contributed by atoms with van der Waals surface area (Å²) in [7, 11) is -3.59.